The normalized spacial score (nSPS) is 10.8. The van der Waals surface area contributed by atoms with Crippen molar-refractivity contribution in [2.24, 2.45) is 5.10 Å². The van der Waals surface area contributed by atoms with Gasteiger partial charge in [0.15, 0.2) is 0 Å². The number of hydrogen-bond acceptors (Lipinski definition) is 2. The van der Waals surface area contributed by atoms with Crippen molar-refractivity contribution in [3.05, 3.63) is 68.1 Å². The quantitative estimate of drug-likeness (QED) is 0.613. The monoisotopic (exact) mass is 384 g/mol. The smallest absolute Gasteiger partial charge is 0.244 e. The average Bonchev–Trinajstić information content (AvgIpc) is 2.44. The van der Waals surface area contributed by atoms with Crippen molar-refractivity contribution in [1.82, 2.24) is 5.43 Å². The molecule has 108 valence electrons. The van der Waals surface area contributed by atoms with E-state index in [4.69, 9.17) is 23.2 Å². The molecule has 0 aliphatic heterocycles. The van der Waals surface area contributed by atoms with Gasteiger partial charge >= 0.3 is 0 Å². The van der Waals surface area contributed by atoms with Crippen molar-refractivity contribution in [2.75, 3.05) is 0 Å². The fourth-order valence-electron chi connectivity index (χ4n) is 1.61. The van der Waals surface area contributed by atoms with Crippen LogP contribution >= 0.6 is 39.1 Å². The predicted octanol–water partition coefficient (Wildman–Crippen LogP) is 4.45. The summed E-state index contributed by atoms with van der Waals surface area (Å²) in [5.74, 6) is -0.196. The van der Waals surface area contributed by atoms with Crippen molar-refractivity contribution in [3.63, 3.8) is 0 Å². The molecule has 0 radical (unpaired) electrons. The molecule has 0 saturated heterocycles. The van der Waals surface area contributed by atoms with Crippen LogP contribution in [-0.4, -0.2) is 12.1 Å². The second kappa shape index (κ2) is 7.59. The van der Waals surface area contributed by atoms with Gasteiger partial charge in [-0.25, -0.2) is 5.43 Å². The molecule has 2 rings (SSSR count). The van der Waals surface area contributed by atoms with E-state index in [9.17, 15) is 4.79 Å². The molecule has 0 heterocycles. The molecule has 2 aromatic rings. The van der Waals surface area contributed by atoms with E-state index in [-0.39, 0.29) is 12.3 Å². The van der Waals surface area contributed by atoms with E-state index in [1.54, 1.807) is 18.2 Å². The summed E-state index contributed by atoms with van der Waals surface area (Å²) < 4.78 is 0.974. The standard InChI is InChI=1S/C15H11BrCl2N2O/c16-12-4-1-10(2-5-12)7-15(21)20-19-9-11-3-6-13(17)8-14(11)18/h1-6,8-9H,7H2,(H,20,21)/b19-9-. The minimum atomic E-state index is -0.196. The zero-order valence-corrected chi connectivity index (χ0v) is 13.9. The van der Waals surface area contributed by atoms with Crippen LogP contribution in [0.25, 0.3) is 0 Å². The van der Waals surface area contributed by atoms with Crippen molar-refractivity contribution >= 4 is 51.3 Å². The Kier molecular flexibility index (Phi) is 5.79. The first kappa shape index (κ1) is 16.0. The number of amides is 1. The highest BCUT2D eigenvalue weighted by molar-refractivity contribution is 9.10. The van der Waals surface area contributed by atoms with Crippen LogP contribution in [0, 0.1) is 0 Å². The largest absolute Gasteiger partial charge is 0.273 e. The molecule has 1 amide bonds. The van der Waals surface area contributed by atoms with Crippen LogP contribution in [-0.2, 0) is 11.2 Å². The molecule has 0 fully saturated rings. The minimum absolute atomic E-state index is 0.196. The Morgan fingerprint density at radius 3 is 2.57 bits per heavy atom. The van der Waals surface area contributed by atoms with E-state index in [1.165, 1.54) is 6.21 Å². The van der Waals surface area contributed by atoms with E-state index in [0.29, 0.717) is 15.6 Å². The van der Waals surface area contributed by atoms with Crippen LogP contribution in [0.5, 0.6) is 0 Å². The Labute approximate surface area is 141 Å². The first-order valence-electron chi connectivity index (χ1n) is 6.06. The van der Waals surface area contributed by atoms with Gasteiger partial charge in [0.05, 0.1) is 17.7 Å². The highest BCUT2D eigenvalue weighted by Gasteiger charge is 2.02. The molecule has 2 aromatic carbocycles. The van der Waals surface area contributed by atoms with E-state index in [0.717, 1.165) is 10.0 Å². The van der Waals surface area contributed by atoms with Gasteiger partial charge in [-0.15, -0.1) is 0 Å². The third kappa shape index (κ3) is 5.16. The fraction of sp³-hybridized carbons (Fsp3) is 0.0667. The first-order valence-corrected chi connectivity index (χ1v) is 7.61. The predicted molar refractivity (Wildman–Crippen MR) is 90.0 cm³/mol. The van der Waals surface area contributed by atoms with E-state index >= 15 is 0 Å². The lowest BCUT2D eigenvalue weighted by atomic mass is 10.1. The minimum Gasteiger partial charge on any atom is -0.273 e. The summed E-state index contributed by atoms with van der Waals surface area (Å²) >= 11 is 15.1. The van der Waals surface area contributed by atoms with Gasteiger partial charge in [0, 0.05) is 15.1 Å². The third-order valence-corrected chi connectivity index (χ3v) is 3.72. The maximum atomic E-state index is 11.7. The Hall–Kier alpha value is -1.36. The molecule has 0 aliphatic rings. The van der Waals surface area contributed by atoms with Crippen LogP contribution < -0.4 is 5.43 Å². The summed E-state index contributed by atoms with van der Waals surface area (Å²) in [5.41, 5.74) is 4.06. The van der Waals surface area contributed by atoms with Crippen LogP contribution in [0.1, 0.15) is 11.1 Å². The first-order chi connectivity index (χ1) is 10.0. The lowest BCUT2D eigenvalue weighted by Gasteiger charge is -2.01. The number of nitrogens with zero attached hydrogens (tertiary/aromatic N) is 1. The SMILES string of the molecule is O=C(Cc1ccc(Br)cc1)N/N=C\c1ccc(Cl)cc1Cl. The van der Waals surface area contributed by atoms with Gasteiger partial charge in [-0.1, -0.05) is 57.3 Å². The van der Waals surface area contributed by atoms with E-state index in [1.807, 2.05) is 24.3 Å². The Morgan fingerprint density at radius 2 is 1.90 bits per heavy atom. The van der Waals surface area contributed by atoms with Crippen molar-refractivity contribution in [1.29, 1.82) is 0 Å². The maximum absolute atomic E-state index is 11.7. The van der Waals surface area contributed by atoms with Gasteiger partial charge in [0.25, 0.3) is 0 Å². The summed E-state index contributed by atoms with van der Waals surface area (Å²) in [7, 11) is 0. The molecule has 0 bridgehead atoms. The Bertz CT molecular complexity index is 672. The molecule has 0 unspecified atom stereocenters. The maximum Gasteiger partial charge on any atom is 0.244 e. The molecule has 21 heavy (non-hydrogen) atoms. The number of nitrogens with one attached hydrogen (secondary N) is 1. The molecule has 6 heteroatoms. The topological polar surface area (TPSA) is 41.5 Å². The summed E-state index contributed by atoms with van der Waals surface area (Å²) in [5, 5.41) is 4.92. The van der Waals surface area contributed by atoms with Gasteiger partial charge in [-0.2, -0.15) is 5.10 Å². The summed E-state index contributed by atoms with van der Waals surface area (Å²) in [6.45, 7) is 0. The molecule has 0 aromatic heterocycles. The highest BCUT2D eigenvalue weighted by Crippen LogP contribution is 2.19. The molecule has 1 N–H and O–H groups in total. The molecule has 0 atom stereocenters. The lowest BCUT2D eigenvalue weighted by Crippen LogP contribution is -2.19. The second-order valence-electron chi connectivity index (χ2n) is 4.26. The highest BCUT2D eigenvalue weighted by atomic mass is 79.9. The van der Waals surface area contributed by atoms with Crippen molar-refractivity contribution in [3.8, 4) is 0 Å². The molecule has 0 spiro atoms. The third-order valence-electron chi connectivity index (χ3n) is 2.63. The number of hydrogen-bond donors (Lipinski definition) is 1. The zero-order chi connectivity index (χ0) is 15.2. The molecule has 3 nitrogen and oxygen atoms in total. The van der Waals surface area contributed by atoms with Crippen molar-refractivity contribution < 1.29 is 4.79 Å². The number of carbonyl (C=O) groups excluding carboxylic acids is 1. The Morgan fingerprint density at radius 1 is 1.19 bits per heavy atom. The number of hydrazone groups is 1. The van der Waals surface area contributed by atoms with Crippen molar-refractivity contribution in [2.45, 2.75) is 6.42 Å². The Balaban J connectivity index is 1.91. The molecular weight excluding hydrogens is 375 g/mol. The van der Waals surface area contributed by atoms with Crippen LogP contribution in [0.2, 0.25) is 10.0 Å². The summed E-state index contributed by atoms with van der Waals surface area (Å²) in [6.07, 6.45) is 1.75. The van der Waals surface area contributed by atoms with E-state index < -0.39 is 0 Å². The van der Waals surface area contributed by atoms with Gasteiger partial charge < -0.3 is 0 Å². The average molecular weight is 386 g/mol. The lowest BCUT2D eigenvalue weighted by molar-refractivity contribution is -0.120. The number of benzene rings is 2. The number of carbonyl (C=O) groups is 1. The van der Waals surface area contributed by atoms with Gasteiger partial charge in [-0.3, -0.25) is 4.79 Å². The summed E-state index contributed by atoms with van der Waals surface area (Å²) in [6, 6.07) is 12.6. The van der Waals surface area contributed by atoms with Gasteiger partial charge in [0.1, 0.15) is 0 Å². The summed E-state index contributed by atoms with van der Waals surface area (Å²) in [4.78, 5) is 11.7. The zero-order valence-electron chi connectivity index (χ0n) is 10.8. The van der Waals surface area contributed by atoms with Crippen LogP contribution in [0.15, 0.2) is 52.0 Å². The van der Waals surface area contributed by atoms with Crippen LogP contribution in [0.3, 0.4) is 0 Å². The second-order valence-corrected chi connectivity index (χ2v) is 6.02. The van der Waals surface area contributed by atoms with E-state index in [2.05, 4.69) is 26.5 Å². The van der Waals surface area contributed by atoms with Crippen LogP contribution in [0.4, 0.5) is 0 Å². The molecule has 0 aliphatic carbocycles. The fourth-order valence-corrected chi connectivity index (χ4v) is 2.33. The number of rotatable bonds is 4. The molecule has 0 saturated carbocycles. The molecular formula is C15H11BrCl2N2O. The van der Waals surface area contributed by atoms with Gasteiger partial charge in [-0.05, 0) is 29.8 Å². The number of halogens is 3. The van der Waals surface area contributed by atoms with Gasteiger partial charge in [0.2, 0.25) is 5.91 Å².